The second kappa shape index (κ2) is 4.60. The summed E-state index contributed by atoms with van der Waals surface area (Å²) in [6.07, 6.45) is 0. The molecule has 0 unspecified atom stereocenters. The molecule has 2 aromatic carbocycles. The minimum Gasteiger partial charge on any atom is -0.246 e. The molecule has 0 N–H and O–H groups in total. The monoisotopic (exact) mass is 273 g/mol. The quantitative estimate of drug-likeness (QED) is 0.593. The van der Waals surface area contributed by atoms with E-state index in [1.807, 2.05) is 48.5 Å². The van der Waals surface area contributed by atoms with E-state index in [0.29, 0.717) is 10.0 Å². The number of fused-ring (bicyclic) bond motifs is 1. The van der Waals surface area contributed by atoms with Gasteiger partial charge in [-0.25, -0.2) is 4.98 Å². The maximum atomic E-state index is 6.17. The van der Waals surface area contributed by atoms with Crippen LogP contribution in [0.25, 0.3) is 22.2 Å². The van der Waals surface area contributed by atoms with Gasteiger partial charge < -0.3 is 0 Å². The predicted molar refractivity (Wildman–Crippen MR) is 77.2 cm³/mol. The minimum atomic E-state index is 0.579. The van der Waals surface area contributed by atoms with Gasteiger partial charge in [0.15, 0.2) is 0 Å². The zero-order valence-corrected chi connectivity index (χ0v) is 10.9. The van der Waals surface area contributed by atoms with Crippen LogP contribution < -0.4 is 0 Å². The van der Waals surface area contributed by atoms with Crippen LogP contribution in [0.3, 0.4) is 0 Å². The number of pyridine rings is 1. The molecule has 0 amide bonds. The van der Waals surface area contributed by atoms with Crippen LogP contribution >= 0.6 is 23.2 Å². The van der Waals surface area contributed by atoms with Gasteiger partial charge in [-0.1, -0.05) is 59.6 Å². The Morgan fingerprint density at radius 1 is 0.833 bits per heavy atom. The van der Waals surface area contributed by atoms with E-state index in [4.69, 9.17) is 23.2 Å². The van der Waals surface area contributed by atoms with E-state index >= 15 is 0 Å². The van der Waals surface area contributed by atoms with Crippen molar-refractivity contribution in [1.29, 1.82) is 0 Å². The number of rotatable bonds is 1. The summed E-state index contributed by atoms with van der Waals surface area (Å²) >= 11 is 12.1. The van der Waals surface area contributed by atoms with Gasteiger partial charge in [-0.05, 0) is 18.2 Å². The van der Waals surface area contributed by atoms with Crippen LogP contribution in [-0.2, 0) is 0 Å². The summed E-state index contributed by atoms with van der Waals surface area (Å²) in [5, 5.41) is 2.16. The number of hydrogen-bond donors (Lipinski definition) is 0. The lowest BCUT2D eigenvalue weighted by molar-refractivity contribution is 1.40. The number of halogens is 2. The van der Waals surface area contributed by atoms with E-state index < -0.39 is 0 Å². The van der Waals surface area contributed by atoms with Gasteiger partial charge in [0.2, 0.25) is 0 Å². The van der Waals surface area contributed by atoms with Crippen molar-refractivity contribution in [2.45, 2.75) is 0 Å². The Hall–Kier alpha value is -1.57. The molecule has 0 aliphatic carbocycles. The maximum absolute atomic E-state index is 6.17. The molecule has 1 aromatic heterocycles. The molecule has 0 spiro atoms. The summed E-state index contributed by atoms with van der Waals surface area (Å²) in [7, 11) is 0. The average Bonchev–Trinajstić information content (AvgIpc) is 2.39. The third-order valence-electron chi connectivity index (χ3n) is 2.78. The standard InChI is InChI=1S/C15H9Cl2N/c16-12-8-11-6-7-14(10-4-2-1-3-5-10)18-15(11)13(17)9-12/h1-9H. The van der Waals surface area contributed by atoms with E-state index in [2.05, 4.69) is 4.98 Å². The Morgan fingerprint density at radius 3 is 2.39 bits per heavy atom. The maximum Gasteiger partial charge on any atom is 0.0896 e. The van der Waals surface area contributed by atoms with Crippen molar-refractivity contribution in [2.75, 3.05) is 0 Å². The topological polar surface area (TPSA) is 12.9 Å². The highest BCUT2D eigenvalue weighted by Crippen LogP contribution is 2.28. The van der Waals surface area contributed by atoms with E-state index in [1.54, 1.807) is 6.07 Å². The lowest BCUT2D eigenvalue weighted by Crippen LogP contribution is -1.86. The Labute approximate surface area is 115 Å². The van der Waals surface area contributed by atoms with E-state index in [-0.39, 0.29) is 0 Å². The molecule has 0 radical (unpaired) electrons. The lowest BCUT2D eigenvalue weighted by Gasteiger charge is -2.05. The van der Waals surface area contributed by atoms with E-state index in [1.165, 1.54) is 0 Å². The molecule has 1 nitrogen and oxygen atoms in total. The Kier molecular flexibility index (Phi) is 2.94. The predicted octanol–water partition coefficient (Wildman–Crippen LogP) is 5.21. The Morgan fingerprint density at radius 2 is 1.61 bits per heavy atom. The third-order valence-corrected chi connectivity index (χ3v) is 3.29. The molecule has 18 heavy (non-hydrogen) atoms. The molecule has 0 atom stereocenters. The van der Waals surface area contributed by atoms with Crippen molar-refractivity contribution in [3.8, 4) is 11.3 Å². The molecule has 88 valence electrons. The van der Waals surface area contributed by atoms with Crippen LogP contribution in [0.15, 0.2) is 54.6 Å². The molecule has 3 heteroatoms. The molecule has 3 rings (SSSR count). The van der Waals surface area contributed by atoms with Crippen molar-refractivity contribution in [3.05, 3.63) is 64.6 Å². The second-order valence-electron chi connectivity index (χ2n) is 4.02. The molecular formula is C15H9Cl2N. The van der Waals surface area contributed by atoms with Gasteiger partial charge in [0.05, 0.1) is 16.2 Å². The fraction of sp³-hybridized carbons (Fsp3) is 0. The lowest BCUT2D eigenvalue weighted by atomic mass is 10.1. The first-order valence-corrected chi connectivity index (χ1v) is 6.31. The first-order chi connectivity index (χ1) is 8.74. The number of benzene rings is 2. The molecule has 0 saturated heterocycles. The zero-order chi connectivity index (χ0) is 12.5. The minimum absolute atomic E-state index is 0.579. The molecule has 0 aliphatic rings. The summed E-state index contributed by atoms with van der Waals surface area (Å²) in [6.45, 7) is 0. The summed E-state index contributed by atoms with van der Waals surface area (Å²) in [5.74, 6) is 0. The summed E-state index contributed by atoms with van der Waals surface area (Å²) < 4.78 is 0. The SMILES string of the molecule is Clc1cc(Cl)c2nc(-c3ccccc3)ccc2c1. The molecule has 1 heterocycles. The summed E-state index contributed by atoms with van der Waals surface area (Å²) in [6, 6.07) is 17.6. The van der Waals surface area contributed by atoms with Gasteiger partial charge >= 0.3 is 0 Å². The largest absolute Gasteiger partial charge is 0.246 e. The van der Waals surface area contributed by atoms with Crippen LogP contribution in [0.5, 0.6) is 0 Å². The normalized spacial score (nSPS) is 10.8. The second-order valence-corrected chi connectivity index (χ2v) is 4.87. The first-order valence-electron chi connectivity index (χ1n) is 5.55. The Balaban J connectivity index is 2.23. The summed E-state index contributed by atoms with van der Waals surface area (Å²) in [5.41, 5.74) is 2.76. The van der Waals surface area contributed by atoms with E-state index in [0.717, 1.165) is 22.2 Å². The Bertz CT molecular complexity index is 708. The van der Waals surface area contributed by atoms with Crippen molar-refractivity contribution >= 4 is 34.1 Å². The van der Waals surface area contributed by atoms with Crippen LogP contribution in [0.2, 0.25) is 10.0 Å². The van der Waals surface area contributed by atoms with E-state index in [9.17, 15) is 0 Å². The van der Waals surface area contributed by atoms with Crippen molar-refractivity contribution in [1.82, 2.24) is 4.98 Å². The van der Waals surface area contributed by atoms with Crippen molar-refractivity contribution < 1.29 is 0 Å². The molecular weight excluding hydrogens is 265 g/mol. The molecule has 0 bridgehead atoms. The molecule has 0 fully saturated rings. The van der Waals surface area contributed by atoms with Crippen molar-refractivity contribution in [2.24, 2.45) is 0 Å². The molecule has 0 saturated carbocycles. The van der Waals surface area contributed by atoms with Gasteiger partial charge in [0.1, 0.15) is 0 Å². The number of hydrogen-bond acceptors (Lipinski definition) is 1. The number of aromatic nitrogens is 1. The van der Waals surface area contributed by atoms with Gasteiger partial charge in [0, 0.05) is 16.0 Å². The highest BCUT2D eigenvalue weighted by atomic mass is 35.5. The first kappa shape index (κ1) is 11.5. The van der Waals surface area contributed by atoms with Crippen LogP contribution in [-0.4, -0.2) is 4.98 Å². The van der Waals surface area contributed by atoms with Gasteiger partial charge in [-0.15, -0.1) is 0 Å². The van der Waals surface area contributed by atoms with Gasteiger partial charge in [-0.3, -0.25) is 0 Å². The zero-order valence-electron chi connectivity index (χ0n) is 9.40. The fourth-order valence-corrected chi connectivity index (χ4v) is 2.48. The molecule has 3 aromatic rings. The van der Waals surface area contributed by atoms with Gasteiger partial charge in [-0.2, -0.15) is 0 Å². The highest BCUT2D eigenvalue weighted by molar-refractivity contribution is 6.38. The fourth-order valence-electron chi connectivity index (χ4n) is 1.93. The van der Waals surface area contributed by atoms with Crippen molar-refractivity contribution in [3.63, 3.8) is 0 Å². The van der Waals surface area contributed by atoms with Crippen LogP contribution in [0.4, 0.5) is 0 Å². The van der Waals surface area contributed by atoms with Crippen LogP contribution in [0.1, 0.15) is 0 Å². The number of nitrogens with zero attached hydrogens (tertiary/aromatic N) is 1. The average molecular weight is 274 g/mol. The van der Waals surface area contributed by atoms with Crippen LogP contribution in [0, 0.1) is 0 Å². The third kappa shape index (κ3) is 2.07. The molecule has 0 aliphatic heterocycles. The highest BCUT2D eigenvalue weighted by Gasteiger charge is 2.05. The van der Waals surface area contributed by atoms with Gasteiger partial charge in [0.25, 0.3) is 0 Å². The summed E-state index contributed by atoms with van der Waals surface area (Å²) in [4.78, 5) is 4.60. The smallest absolute Gasteiger partial charge is 0.0896 e.